The van der Waals surface area contributed by atoms with Gasteiger partial charge in [0, 0.05) is 11.1 Å². The fourth-order valence-electron chi connectivity index (χ4n) is 2.20. The summed E-state index contributed by atoms with van der Waals surface area (Å²) in [6.07, 6.45) is -3.86. The van der Waals surface area contributed by atoms with Crippen LogP contribution in [0.15, 0.2) is 36.4 Å². The number of anilines is 1. The fraction of sp³-hybridized carbons (Fsp3) is 0.400. The monoisotopic (exact) mass is 397 g/mol. The van der Waals surface area contributed by atoms with Crippen molar-refractivity contribution in [2.75, 3.05) is 18.5 Å². The molecule has 0 aromatic heterocycles. The van der Waals surface area contributed by atoms with Gasteiger partial charge in [0.1, 0.15) is 5.75 Å². The van der Waals surface area contributed by atoms with E-state index < -0.39 is 30.8 Å². The second-order valence-corrected chi connectivity index (χ2v) is 6.98. The van der Waals surface area contributed by atoms with Crippen LogP contribution in [0.4, 0.5) is 18.9 Å². The molecule has 8 heteroatoms. The Balaban J connectivity index is 2.01. The Morgan fingerprint density at radius 1 is 1.04 bits per heavy atom. The Morgan fingerprint density at radius 3 is 2.32 bits per heavy atom. The van der Waals surface area contributed by atoms with E-state index in [1.165, 1.54) is 0 Å². The summed E-state index contributed by atoms with van der Waals surface area (Å²) in [6.45, 7) is 3.41. The van der Waals surface area contributed by atoms with Crippen LogP contribution < -0.4 is 10.1 Å². The predicted molar refractivity (Wildman–Crippen MR) is 99.2 cm³/mol. The number of hydrogen-bond acceptors (Lipinski definition) is 4. The number of halogens is 3. The molecule has 0 radical (unpaired) electrons. The zero-order valence-corrected chi connectivity index (χ0v) is 15.9. The van der Waals surface area contributed by atoms with Crippen molar-refractivity contribution in [3.8, 4) is 5.75 Å². The number of rotatable bonds is 7. The predicted octanol–water partition coefficient (Wildman–Crippen LogP) is 4.70. The van der Waals surface area contributed by atoms with E-state index in [-0.39, 0.29) is 5.91 Å². The van der Waals surface area contributed by atoms with Crippen LogP contribution in [0.2, 0.25) is 0 Å². The highest BCUT2D eigenvalue weighted by Crippen LogP contribution is 2.26. The van der Waals surface area contributed by atoms with E-state index in [1.54, 1.807) is 36.4 Å². The summed E-state index contributed by atoms with van der Waals surface area (Å²) < 4.78 is 45.3. The highest BCUT2D eigenvalue weighted by molar-refractivity contribution is 5.97. The first kappa shape index (κ1) is 21.5. The van der Waals surface area contributed by atoms with Crippen molar-refractivity contribution >= 4 is 28.3 Å². The third-order valence-electron chi connectivity index (χ3n) is 4.32. The molecule has 0 aliphatic heterocycles. The van der Waals surface area contributed by atoms with Crippen LogP contribution >= 0.6 is 0 Å². The van der Waals surface area contributed by atoms with Gasteiger partial charge in [-0.15, -0.1) is 0 Å². The molecule has 152 valence electrons. The Hall–Kier alpha value is -2.77. The molecule has 0 atom stereocenters. The maximum absolute atomic E-state index is 12.3. The summed E-state index contributed by atoms with van der Waals surface area (Å²) in [4.78, 5) is 23.6. The SMILES string of the molecule is CCC(C)(C)C(=O)Nc1ccc2cc(OCC(=O)OCC(F)(F)F)ccc2c1. The van der Waals surface area contributed by atoms with Gasteiger partial charge in [-0.1, -0.05) is 32.9 Å². The Labute approximate surface area is 160 Å². The Bertz CT molecular complexity index is 862. The second-order valence-electron chi connectivity index (χ2n) is 6.98. The van der Waals surface area contributed by atoms with E-state index in [0.29, 0.717) is 17.9 Å². The lowest BCUT2D eigenvalue weighted by Gasteiger charge is -2.21. The van der Waals surface area contributed by atoms with Crippen LogP contribution in [0.1, 0.15) is 27.2 Å². The molecule has 28 heavy (non-hydrogen) atoms. The molecule has 0 bridgehead atoms. The number of carbonyl (C=O) groups excluding carboxylic acids is 2. The molecular formula is C20H22F3NO4. The molecule has 1 N–H and O–H groups in total. The molecule has 0 aliphatic carbocycles. The number of ether oxygens (including phenoxy) is 2. The molecule has 0 fully saturated rings. The van der Waals surface area contributed by atoms with Gasteiger partial charge in [0.25, 0.3) is 0 Å². The summed E-state index contributed by atoms with van der Waals surface area (Å²) >= 11 is 0. The lowest BCUT2D eigenvalue weighted by Crippen LogP contribution is -2.29. The van der Waals surface area contributed by atoms with Gasteiger partial charge in [0.15, 0.2) is 13.2 Å². The minimum atomic E-state index is -4.57. The van der Waals surface area contributed by atoms with Crippen LogP contribution in [0.5, 0.6) is 5.75 Å². The number of benzene rings is 2. The third-order valence-corrected chi connectivity index (χ3v) is 4.32. The molecule has 0 heterocycles. The molecule has 2 rings (SSSR count). The van der Waals surface area contributed by atoms with Crippen molar-refractivity contribution in [1.29, 1.82) is 0 Å². The Kier molecular flexibility index (Phi) is 6.53. The number of alkyl halides is 3. The quantitative estimate of drug-likeness (QED) is 0.688. The molecule has 0 unspecified atom stereocenters. The summed E-state index contributed by atoms with van der Waals surface area (Å²) in [7, 11) is 0. The molecule has 1 amide bonds. The van der Waals surface area contributed by atoms with Crippen molar-refractivity contribution in [1.82, 2.24) is 0 Å². The van der Waals surface area contributed by atoms with Gasteiger partial charge in [-0.25, -0.2) is 4.79 Å². The van der Waals surface area contributed by atoms with Crippen molar-refractivity contribution in [2.24, 2.45) is 5.41 Å². The number of nitrogens with one attached hydrogen (secondary N) is 1. The number of amides is 1. The summed E-state index contributed by atoms with van der Waals surface area (Å²) in [5.41, 5.74) is 0.177. The first-order chi connectivity index (χ1) is 13.0. The Morgan fingerprint density at radius 2 is 1.68 bits per heavy atom. The van der Waals surface area contributed by atoms with Gasteiger partial charge in [0.2, 0.25) is 5.91 Å². The zero-order valence-electron chi connectivity index (χ0n) is 15.9. The highest BCUT2D eigenvalue weighted by atomic mass is 19.4. The largest absolute Gasteiger partial charge is 0.482 e. The lowest BCUT2D eigenvalue weighted by molar-refractivity contribution is -0.187. The molecule has 5 nitrogen and oxygen atoms in total. The average Bonchev–Trinajstić information content (AvgIpc) is 2.63. The smallest absolute Gasteiger partial charge is 0.422 e. The molecule has 0 saturated heterocycles. The van der Waals surface area contributed by atoms with Crippen LogP contribution in [-0.4, -0.2) is 31.3 Å². The van der Waals surface area contributed by atoms with Crippen molar-refractivity contribution in [3.05, 3.63) is 36.4 Å². The third kappa shape index (κ3) is 6.14. The van der Waals surface area contributed by atoms with Crippen LogP contribution in [0, 0.1) is 5.41 Å². The number of hydrogen-bond donors (Lipinski definition) is 1. The first-order valence-corrected chi connectivity index (χ1v) is 8.70. The average molecular weight is 397 g/mol. The molecule has 2 aromatic carbocycles. The van der Waals surface area contributed by atoms with Crippen LogP contribution in [0.25, 0.3) is 10.8 Å². The lowest BCUT2D eigenvalue weighted by atomic mass is 9.89. The standard InChI is InChI=1S/C20H22F3NO4/c1-4-19(2,3)18(26)24-15-7-5-14-10-16(8-6-13(14)9-15)27-11-17(25)28-12-20(21,22)23/h5-10H,4,11-12H2,1-3H3,(H,24,26). The van der Waals surface area contributed by atoms with E-state index in [1.807, 2.05) is 20.8 Å². The maximum Gasteiger partial charge on any atom is 0.422 e. The van der Waals surface area contributed by atoms with E-state index in [2.05, 4.69) is 10.1 Å². The van der Waals surface area contributed by atoms with E-state index in [0.717, 1.165) is 10.8 Å². The molecule has 0 saturated carbocycles. The van der Waals surface area contributed by atoms with E-state index >= 15 is 0 Å². The van der Waals surface area contributed by atoms with Gasteiger partial charge in [-0.3, -0.25) is 4.79 Å². The van der Waals surface area contributed by atoms with Gasteiger partial charge < -0.3 is 14.8 Å². The summed E-state index contributed by atoms with van der Waals surface area (Å²) in [5.74, 6) is -0.860. The molecule has 0 spiro atoms. The normalized spacial score (nSPS) is 11.9. The first-order valence-electron chi connectivity index (χ1n) is 8.70. The van der Waals surface area contributed by atoms with Gasteiger partial charge >= 0.3 is 12.1 Å². The summed E-state index contributed by atoms with van der Waals surface area (Å²) in [5, 5.41) is 4.50. The number of carbonyl (C=O) groups is 2. The zero-order chi connectivity index (χ0) is 20.9. The highest BCUT2D eigenvalue weighted by Gasteiger charge is 2.29. The minimum absolute atomic E-state index is 0.0772. The topological polar surface area (TPSA) is 64.6 Å². The van der Waals surface area contributed by atoms with Gasteiger partial charge in [-0.2, -0.15) is 13.2 Å². The molecule has 2 aromatic rings. The maximum atomic E-state index is 12.3. The molecular weight excluding hydrogens is 375 g/mol. The van der Waals surface area contributed by atoms with E-state index in [4.69, 9.17) is 4.74 Å². The van der Waals surface area contributed by atoms with E-state index in [9.17, 15) is 22.8 Å². The fourth-order valence-corrected chi connectivity index (χ4v) is 2.20. The van der Waals surface area contributed by atoms with Crippen LogP contribution in [-0.2, 0) is 14.3 Å². The second kappa shape index (κ2) is 8.50. The number of esters is 1. The van der Waals surface area contributed by atoms with Crippen molar-refractivity contribution in [2.45, 2.75) is 33.4 Å². The van der Waals surface area contributed by atoms with Crippen molar-refractivity contribution < 1.29 is 32.2 Å². The van der Waals surface area contributed by atoms with Gasteiger partial charge in [-0.05, 0) is 41.5 Å². The van der Waals surface area contributed by atoms with Crippen molar-refractivity contribution in [3.63, 3.8) is 0 Å². The van der Waals surface area contributed by atoms with Crippen LogP contribution in [0.3, 0.4) is 0 Å². The number of fused-ring (bicyclic) bond motifs is 1. The minimum Gasteiger partial charge on any atom is -0.482 e. The molecule has 0 aliphatic rings. The summed E-state index contributed by atoms with van der Waals surface area (Å²) in [6, 6.07) is 10.3. The van der Waals surface area contributed by atoms with Gasteiger partial charge in [0.05, 0.1) is 0 Å².